The van der Waals surface area contributed by atoms with Crippen molar-refractivity contribution in [1.29, 1.82) is 0 Å². The lowest BCUT2D eigenvalue weighted by Gasteiger charge is -2.25. The van der Waals surface area contributed by atoms with Gasteiger partial charge in [0.15, 0.2) is 0 Å². The van der Waals surface area contributed by atoms with Crippen LogP contribution >= 0.6 is 0 Å². The Balaban J connectivity index is 1.37. The molecule has 1 aliphatic rings. The number of benzene rings is 2. The van der Waals surface area contributed by atoms with Crippen LogP contribution in [0.4, 0.5) is 4.39 Å². The summed E-state index contributed by atoms with van der Waals surface area (Å²) < 4.78 is 23.6. The van der Waals surface area contributed by atoms with Gasteiger partial charge in [-0.2, -0.15) is 5.10 Å². The number of ether oxygens (including phenoxy) is 1. The fraction of sp³-hybridized carbons (Fsp3) is 0.412. The largest absolute Gasteiger partial charge is 0.491 e. The molecule has 0 unspecified atom stereocenters. The van der Waals surface area contributed by atoms with E-state index in [2.05, 4.69) is 26.0 Å². The molecule has 5 rings (SSSR count). The van der Waals surface area contributed by atoms with Crippen LogP contribution in [0.5, 0.6) is 5.75 Å². The third-order valence-electron chi connectivity index (χ3n) is 7.89. The molecule has 248 valence electrons. The van der Waals surface area contributed by atoms with Gasteiger partial charge in [-0.3, -0.25) is 19.1 Å². The van der Waals surface area contributed by atoms with Crippen LogP contribution in [0.2, 0.25) is 0 Å². The average molecular weight is 645 g/mol. The second-order valence-corrected chi connectivity index (χ2v) is 12.2. The molecule has 0 saturated heterocycles. The predicted octanol–water partition coefficient (Wildman–Crippen LogP) is 3.32. The molecule has 2 bridgehead atoms. The highest BCUT2D eigenvalue weighted by Gasteiger charge is 2.25. The van der Waals surface area contributed by atoms with Gasteiger partial charge in [0.1, 0.15) is 24.2 Å². The molecule has 1 atom stereocenters. The Morgan fingerprint density at radius 2 is 1.91 bits per heavy atom. The van der Waals surface area contributed by atoms with Crippen molar-refractivity contribution in [3.05, 3.63) is 94.3 Å². The number of nitrogens with one attached hydrogen (secondary N) is 2. The zero-order chi connectivity index (χ0) is 33.5. The van der Waals surface area contributed by atoms with E-state index in [0.29, 0.717) is 43.7 Å². The van der Waals surface area contributed by atoms with E-state index in [1.54, 1.807) is 21.8 Å². The molecule has 0 spiro atoms. The van der Waals surface area contributed by atoms with Gasteiger partial charge in [-0.1, -0.05) is 31.2 Å². The third-order valence-corrected chi connectivity index (χ3v) is 7.89. The van der Waals surface area contributed by atoms with Crippen molar-refractivity contribution >= 4 is 17.7 Å². The summed E-state index contributed by atoms with van der Waals surface area (Å²) in [5.41, 5.74) is 4.10. The maximum absolute atomic E-state index is 14.2. The van der Waals surface area contributed by atoms with Crippen molar-refractivity contribution < 1.29 is 23.5 Å². The lowest BCUT2D eigenvalue weighted by Crippen LogP contribution is -2.49. The molecule has 12 nitrogen and oxygen atoms in total. The Morgan fingerprint density at radius 3 is 2.68 bits per heavy atom. The van der Waals surface area contributed by atoms with Crippen molar-refractivity contribution in [2.45, 2.75) is 59.7 Å². The normalized spacial score (nSPS) is 16.5. The first-order valence-electron chi connectivity index (χ1n) is 15.8. The lowest BCUT2D eigenvalue weighted by atomic mass is 10.0. The molecule has 2 aromatic heterocycles. The Kier molecular flexibility index (Phi) is 10.6. The number of halogens is 1. The summed E-state index contributed by atoms with van der Waals surface area (Å²) in [4.78, 5) is 42.3. The van der Waals surface area contributed by atoms with Crippen LogP contribution in [0.25, 0.3) is 0 Å². The van der Waals surface area contributed by atoms with Gasteiger partial charge in [0.25, 0.3) is 11.8 Å². The summed E-state index contributed by atoms with van der Waals surface area (Å²) >= 11 is 0. The molecule has 0 aliphatic carbocycles. The van der Waals surface area contributed by atoms with E-state index >= 15 is 0 Å². The zero-order valence-electron chi connectivity index (χ0n) is 27.2. The van der Waals surface area contributed by atoms with Crippen molar-refractivity contribution in [1.82, 2.24) is 40.3 Å². The molecule has 13 heteroatoms. The van der Waals surface area contributed by atoms with Gasteiger partial charge in [0.2, 0.25) is 5.91 Å². The molecule has 3 heterocycles. The van der Waals surface area contributed by atoms with Gasteiger partial charge in [-0.15, -0.1) is 5.10 Å². The summed E-state index contributed by atoms with van der Waals surface area (Å²) in [6, 6.07) is 12.3. The van der Waals surface area contributed by atoms with E-state index < -0.39 is 23.7 Å². The number of hydrogen-bond donors (Lipinski definition) is 2. The summed E-state index contributed by atoms with van der Waals surface area (Å²) in [5.74, 6) is -1.53. The molecule has 0 radical (unpaired) electrons. The Bertz CT molecular complexity index is 1730. The summed E-state index contributed by atoms with van der Waals surface area (Å²) in [5, 5.41) is 18.6. The van der Waals surface area contributed by atoms with Crippen LogP contribution in [0.15, 0.2) is 54.7 Å². The minimum Gasteiger partial charge on any atom is -0.491 e. The maximum atomic E-state index is 14.2. The van der Waals surface area contributed by atoms with E-state index in [1.165, 1.54) is 12.1 Å². The Labute approximate surface area is 273 Å². The van der Waals surface area contributed by atoms with Gasteiger partial charge < -0.3 is 20.3 Å². The second kappa shape index (κ2) is 15.0. The number of carbonyl (C=O) groups is 3. The SMILES string of the molecule is Cc1cc(C)n(Cc2cccc(C(=O)N3CCNC(=O)[C@@H](CC(C)C)NC(=O)c4cc(F)ccc4OCCn4cc(nn4)CC3)c2)n1. The molecule has 4 aromatic rings. The molecule has 3 amide bonds. The first-order valence-corrected chi connectivity index (χ1v) is 15.8. The van der Waals surface area contributed by atoms with Crippen LogP contribution < -0.4 is 15.4 Å². The van der Waals surface area contributed by atoms with Crippen LogP contribution in [0, 0.1) is 25.6 Å². The van der Waals surface area contributed by atoms with Gasteiger partial charge >= 0.3 is 0 Å². The maximum Gasteiger partial charge on any atom is 0.255 e. The van der Waals surface area contributed by atoms with Crippen molar-refractivity contribution in [3.63, 3.8) is 0 Å². The van der Waals surface area contributed by atoms with E-state index in [1.807, 2.05) is 56.6 Å². The van der Waals surface area contributed by atoms with Crippen LogP contribution in [-0.2, 0) is 24.3 Å². The van der Waals surface area contributed by atoms with Gasteiger partial charge in [0.05, 0.1) is 30.0 Å². The van der Waals surface area contributed by atoms with Gasteiger partial charge in [-0.05, 0) is 68.1 Å². The van der Waals surface area contributed by atoms with Crippen LogP contribution in [-0.4, -0.2) is 79.7 Å². The minimum atomic E-state index is -0.877. The van der Waals surface area contributed by atoms with Crippen LogP contribution in [0.3, 0.4) is 0 Å². The molecular formula is C34H41FN8O4. The van der Waals surface area contributed by atoms with Gasteiger partial charge in [0, 0.05) is 43.5 Å². The molecule has 1 aliphatic heterocycles. The monoisotopic (exact) mass is 644 g/mol. The van der Waals surface area contributed by atoms with Crippen LogP contribution in [0.1, 0.15) is 63.6 Å². The first-order chi connectivity index (χ1) is 22.5. The number of aromatic nitrogens is 5. The summed E-state index contributed by atoms with van der Waals surface area (Å²) in [7, 11) is 0. The quantitative estimate of drug-likeness (QED) is 0.340. The van der Waals surface area contributed by atoms with Crippen molar-refractivity contribution in [2.24, 2.45) is 5.92 Å². The highest BCUT2D eigenvalue weighted by Crippen LogP contribution is 2.21. The Hall–Kier alpha value is -5.07. The number of fused-ring (bicyclic) bond motifs is 3. The van der Waals surface area contributed by atoms with Crippen molar-refractivity contribution in [2.75, 3.05) is 26.2 Å². The highest BCUT2D eigenvalue weighted by atomic mass is 19.1. The number of rotatable bonds is 5. The van der Waals surface area contributed by atoms with Crippen molar-refractivity contribution in [3.8, 4) is 5.75 Å². The number of hydrogen-bond acceptors (Lipinski definition) is 7. The number of carbonyl (C=O) groups excluding carboxylic acids is 3. The smallest absolute Gasteiger partial charge is 0.255 e. The third kappa shape index (κ3) is 8.81. The number of nitrogens with zero attached hydrogens (tertiary/aromatic N) is 6. The first kappa shape index (κ1) is 33.3. The molecule has 2 N–H and O–H groups in total. The number of amides is 3. The average Bonchev–Trinajstić information content (AvgIpc) is 3.62. The molecule has 0 fully saturated rings. The molecule has 2 aromatic carbocycles. The minimum absolute atomic E-state index is 0.0104. The van der Waals surface area contributed by atoms with E-state index in [4.69, 9.17) is 4.74 Å². The second-order valence-electron chi connectivity index (χ2n) is 12.2. The fourth-order valence-electron chi connectivity index (χ4n) is 5.55. The molecular weight excluding hydrogens is 603 g/mol. The number of aryl methyl sites for hydroxylation is 2. The van der Waals surface area contributed by atoms with E-state index in [-0.39, 0.29) is 42.8 Å². The summed E-state index contributed by atoms with van der Waals surface area (Å²) in [6.45, 7) is 9.56. The Morgan fingerprint density at radius 1 is 1.09 bits per heavy atom. The zero-order valence-corrected chi connectivity index (χ0v) is 27.2. The highest BCUT2D eigenvalue weighted by molar-refractivity contribution is 5.99. The molecule has 47 heavy (non-hydrogen) atoms. The van der Waals surface area contributed by atoms with Gasteiger partial charge in [-0.25, -0.2) is 9.07 Å². The predicted molar refractivity (Wildman–Crippen MR) is 172 cm³/mol. The van der Waals surface area contributed by atoms with E-state index in [0.717, 1.165) is 23.0 Å². The summed E-state index contributed by atoms with van der Waals surface area (Å²) in [6.07, 6.45) is 2.58. The fourth-order valence-corrected chi connectivity index (χ4v) is 5.55. The standard InChI is InChI=1S/C34H41FN8O4/c1-22(2)16-30-33(45)36-11-13-41(34(46)26-7-5-6-25(18-26)20-43-24(4)17-23(3)39-43)12-10-28-21-42(40-38-28)14-15-47-31-9-8-27(35)19-29(31)32(44)37-30/h5-9,17-19,21-22,30H,10-16,20H2,1-4H3,(H,36,45)(H,37,44)/t30-/m1/s1. The lowest BCUT2D eigenvalue weighted by molar-refractivity contribution is -0.123. The molecule has 0 saturated carbocycles. The topological polar surface area (TPSA) is 136 Å². The van der Waals surface area contributed by atoms with E-state index in [9.17, 15) is 18.8 Å².